The van der Waals surface area contributed by atoms with Gasteiger partial charge in [-0.25, -0.2) is 9.59 Å². The number of ether oxygens (including phenoxy) is 2. The van der Waals surface area contributed by atoms with Gasteiger partial charge in [0.05, 0.1) is 7.11 Å². The van der Waals surface area contributed by atoms with Crippen LogP contribution >= 0.6 is 0 Å². The van der Waals surface area contributed by atoms with Gasteiger partial charge in [-0.15, -0.1) is 6.58 Å². The van der Waals surface area contributed by atoms with Crippen molar-refractivity contribution in [2.75, 3.05) is 13.7 Å². The molecule has 0 radical (unpaired) electrons. The van der Waals surface area contributed by atoms with E-state index in [1.54, 1.807) is 30.3 Å². The Bertz CT molecular complexity index is 753. The molecule has 5 nitrogen and oxygen atoms in total. The Kier molecular flexibility index (Phi) is 9.26. The van der Waals surface area contributed by atoms with E-state index < -0.39 is 30.3 Å². The van der Waals surface area contributed by atoms with Crippen LogP contribution in [0.25, 0.3) is 0 Å². The standard InChI is InChI=1S/C21H24F3NO4/c1-4-6-7-11-14-20(18(26)28-3,21(22,23)24)25(15-5-2)19(27)29-16-17-12-9-8-10-13-17/h5,8-10,12-13H,2,4,6-7,15-16H2,1,3H3. The topological polar surface area (TPSA) is 55.8 Å². The van der Waals surface area contributed by atoms with Crippen LogP contribution in [-0.4, -0.2) is 42.3 Å². The summed E-state index contributed by atoms with van der Waals surface area (Å²) in [4.78, 5) is 25.1. The quantitative estimate of drug-likeness (QED) is 0.274. The summed E-state index contributed by atoms with van der Waals surface area (Å²) < 4.78 is 51.8. The van der Waals surface area contributed by atoms with Crippen molar-refractivity contribution >= 4 is 12.1 Å². The lowest BCUT2D eigenvalue weighted by Gasteiger charge is -2.37. The molecule has 1 rings (SSSR count). The Hall–Kier alpha value is -2.95. The van der Waals surface area contributed by atoms with Crippen LogP contribution in [0.3, 0.4) is 0 Å². The second-order valence-corrected chi connectivity index (χ2v) is 6.04. The number of carbonyl (C=O) groups excluding carboxylic acids is 2. The number of alkyl halides is 3. The van der Waals surface area contributed by atoms with Crippen LogP contribution in [-0.2, 0) is 20.9 Å². The third-order valence-electron chi connectivity index (χ3n) is 3.96. The molecule has 0 fully saturated rings. The maximum atomic E-state index is 14.1. The number of nitrogens with zero attached hydrogens (tertiary/aromatic N) is 1. The largest absolute Gasteiger partial charge is 0.466 e. The first-order valence-corrected chi connectivity index (χ1v) is 8.99. The molecule has 0 aromatic heterocycles. The number of carbonyl (C=O) groups is 2. The third-order valence-corrected chi connectivity index (χ3v) is 3.96. The van der Waals surface area contributed by atoms with Crippen LogP contribution in [0.5, 0.6) is 0 Å². The molecule has 0 aliphatic carbocycles. The normalized spacial score (nSPS) is 12.7. The first kappa shape index (κ1) is 24.1. The molecule has 0 bridgehead atoms. The van der Waals surface area contributed by atoms with E-state index in [-0.39, 0.29) is 17.9 Å². The smallest absolute Gasteiger partial charge is 0.434 e. The van der Waals surface area contributed by atoms with E-state index in [9.17, 15) is 22.8 Å². The molecule has 1 unspecified atom stereocenters. The van der Waals surface area contributed by atoms with Gasteiger partial charge >= 0.3 is 23.8 Å². The monoisotopic (exact) mass is 411 g/mol. The van der Waals surface area contributed by atoms with Crippen molar-refractivity contribution in [3.8, 4) is 11.8 Å². The Morgan fingerprint density at radius 3 is 2.41 bits per heavy atom. The Morgan fingerprint density at radius 1 is 1.24 bits per heavy atom. The summed E-state index contributed by atoms with van der Waals surface area (Å²) in [5.41, 5.74) is -2.93. The maximum Gasteiger partial charge on any atom is 0.434 e. The van der Waals surface area contributed by atoms with E-state index in [1.807, 2.05) is 12.8 Å². The lowest BCUT2D eigenvalue weighted by molar-refractivity contribution is -0.217. The fourth-order valence-corrected chi connectivity index (χ4v) is 2.45. The number of hydrogen-bond donors (Lipinski definition) is 0. The Morgan fingerprint density at radius 2 is 1.90 bits per heavy atom. The van der Waals surface area contributed by atoms with Crippen molar-refractivity contribution in [3.05, 3.63) is 48.6 Å². The molecule has 29 heavy (non-hydrogen) atoms. The second-order valence-electron chi connectivity index (χ2n) is 6.04. The minimum atomic E-state index is -5.23. The van der Waals surface area contributed by atoms with Gasteiger partial charge in [0.2, 0.25) is 0 Å². The molecule has 0 heterocycles. The lowest BCUT2D eigenvalue weighted by atomic mass is 9.96. The van der Waals surface area contributed by atoms with Gasteiger partial charge in [-0.05, 0) is 12.0 Å². The molecule has 0 aliphatic rings. The number of unbranched alkanes of at least 4 members (excludes halogenated alkanes) is 2. The third kappa shape index (κ3) is 6.01. The summed E-state index contributed by atoms with van der Waals surface area (Å²) in [6.07, 6.45) is -4.15. The van der Waals surface area contributed by atoms with Crippen LogP contribution in [0.2, 0.25) is 0 Å². The summed E-state index contributed by atoms with van der Waals surface area (Å²) in [5.74, 6) is 2.60. The molecule has 0 aliphatic heterocycles. The van der Waals surface area contributed by atoms with Gasteiger partial charge in [0.1, 0.15) is 6.61 Å². The van der Waals surface area contributed by atoms with Gasteiger partial charge in [-0.1, -0.05) is 61.6 Å². The molecule has 8 heteroatoms. The zero-order valence-corrected chi connectivity index (χ0v) is 16.4. The lowest BCUT2D eigenvalue weighted by Crippen LogP contribution is -2.65. The maximum absolute atomic E-state index is 14.1. The van der Waals surface area contributed by atoms with Gasteiger partial charge in [-0.2, -0.15) is 13.2 Å². The molecule has 1 atom stereocenters. The van der Waals surface area contributed by atoms with Crippen molar-refractivity contribution in [1.29, 1.82) is 0 Å². The molecular weight excluding hydrogens is 387 g/mol. The number of methoxy groups -OCH3 is 1. The van der Waals surface area contributed by atoms with Crippen LogP contribution in [0.4, 0.5) is 18.0 Å². The molecule has 1 amide bonds. The molecule has 0 N–H and O–H groups in total. The number of amides is 1. The Labute approximate surface area is 168 Å². The van der Waals surface area contributed by atoms with Gasteiger partial charge in [0, 0.05) is 13.0 Å². The van der Waals surface area contributed by atoms with E-state index in [0.29, 0.717) is 18.4 Å². The predicted octanol–water partition coefficient (Wildman–Crippen LogP) is 4.48. The van der Waals surface area contributed by atoms with Gasteiger partial charge in [-0.3, -0.25) is 4.90 Å². The van der Waals surface area contributed by atoms with E-state index in [1.165, 1.54) is 0 Å². The number of benzene rings is 1. The van der Waals surface area contributed by atoms with Crippen molar-refractivity contribution < 1.29 is 32.2 Å². The van der Waals surface area contributed by atoms with Crippen LogP contribution < -0.4 is 0 Å². The van der Waals surface area contributed by atoms with E-state index in [2.05, 4.69) is 17.2 Å². The second kappa shape index (κ2) is 11.1. The minimum absolute atomic E-state index is 0.131. The highest BCUT2D eigenvalue weighted by Crippen LogP contribution is 2.37. The molecule has 0 saturated carbocycles. The van der Waals surface area contributed by atoms with Crippen LogP contribution in [0, 0.1) is 11.8 Å². The molecule has 158 valence electrons. The average Bonchev–Trinajstić information content (AvgIpc) is 2.70. The van der Waals surface area contributed by atoms with Gasteiger partial charge < -0.3 is 9.47 Å². The summed E-state index contributed by atoms with van der Waals surface area (Å²) in [6, 6.07) is 8.42. The first-order valence-electron chi connectivity index (χ1n) is 8.99. The van der Waals surface area contributed by atoms with Crippen LogP contribution in [0.1, 0.15) is 31.7 Å². The zero-order valence-electron chi connectivity index (χ0n) is 16.4. The number of rotatable bonds is 8. The summed E-state index contributed by atoms with van der Waals surface area (Å²) >= 11 is 0. The number of esters is 1. The van der Waals surface area contributed by atoms with Crippen molar-refractivity contribution in [2.45, 2.75) is 44.5 Å². The fraction of sp³-hybridized carbons (Fsp3) is 0.429. The molecule has 1 aromatic carbocycles. The zero-order chi connectivity index (χ0) is 21.9. The van der Waals surface area contributed by atoms with Gasteiger partial charge in [0.25, 0.3) is 0 Å². The van der Waals surface area contributed by atoms with Crippen molar-refractivity contribution in [3.63, 3.8) is 0 Å². The van der Waals surface area contributed by atoms with Crippen molar-refractivity contribution in [1.82, 2.24) is 4.90 Å². The number of halogens is 3. The summed E-state index contributed by atoms with van der Waals surface area (Å²) in [7, 11) is 0.804. The van der Waals surface area contributed by atoms with Gasteiger partial charge in [0.15, 0.2) is 0 Å². The summed E-state index contributed by atoms with van der Waals surface area (Å²) in [6.45, 7) is 4.33. The highest BCUT2D eigenvalue weighted by Gasteiger charge is 2.66. The first-order chi connectivity index (χ1) is 13.7. The molecule has 0 spiro atoms. The molecular formula is C21H24F3NO4. The Balaban J connectivity index is 3.35. The molecule has 0 saturated heterocycles. The van der Waals surface area contributed by atoms with Crippen molar-refractivity contribution in [2.24, 2.45) is 0 Å². The molecule has 1 aromatic rings. The highest BCUT2D eigenvalue weighted by atomic mass is 19.4. The van der Waals surface area contributed by atoms with E-state index in [4.69, 9.17) is 4.74 Å². The summed E-state index contributed by atoms with van der Waals surface area (Å²) in [5, 5.41) is 0. The minimum Gasteiger partial charge on any atom is -0.466 e. The highest BCUT2D eigenvalue weighted by molar-refractivity contribution is 5.90. The van der Waals surface area contributed by atoms with E-state index >= 15 is 0 Å². The number of hydrogen-bond acceptors (Lipinski definition) is 4. The van der Waals surface area contributed by atoms with E-state index in [0.717, 1.165) is 13.2 Å². The van der Waals surface area contributed by atoms with Crippen LogP contribution in [0.15, 0.2) is 43.0 Å². The SMILES string of the molecule is C=CCN(C(=O)OCc1ccccc1)C(C#CCCCC)(C(=O)OC)C(F)(F)F. The predicted molar refractivity (Wildman–Crippen MR) is 102 cm³/mol. The average molecular weight is 411 g/mol. The fourth-order valence-electron chi connectivity index (χ4n) is 2.45.